The SMILES string of the molecule is CC/C=C\C/C=C\C/C=C\C/C=C\C/C=C\CCCCCCCCCCCC(=O)OCC(COC(=O)CCCCCCCCC/C=C\CCCCCCCC)OC(=O)CCCCCCCCC/C=C\CCCCCCCCC. The zero-order chi connectivity index (χ0) is 56.4. The van der Waals surface area contributed by atoms with E-state index in [1.54, 1.807) is 0 Å². The van der Waals surface area contributed by atoms with E-state index in [1.807, 2.05) is 0 Å². The number of carbonyl (C=O) groups excluding carboxylic acids is 3. The minimum atomic E-state index is -0.785. The van der Waals surface area contributed by atoms with E-state index in [0.29, 0.717) is 19.3 Å². The van der Waals surface area contributed by atoms with Crippen molar-refractivity contribution in [3.05, 3.63) is 85.1 Å². The van der Waals surface area contributed by atoms with Gasteiger partial charge in [0.15, 0.2) is 6.10 Å². The number of esters is 3. The van der Waals surface area contributed by atoms with Gasteiger partial charge in [0.05, 0.1) is 0 Å². The largest absolute Gasteiger partial charge is 0.462 e. The second-order valence-corrected chi connectivity index (χ2v) is 22.3. The predicted molar refractivity (Wildman–Crippen MR) is 339 cm³/mol. The molecular formula is C72H126O6. The number of hydrogen-bond donors (Lipinski definition) is 0. The van der Waals surface area contributed by atoms with Gasteiger partial charge in [-0.2, -0.15) is 0 Å². The normalized spacial score (nSPS) is 12.6. The number of unbranched alkanes of at least 4 members (excludes halogenated alkanes) is 36. The van der Waals surface area contributed by atoms with Gasteiger partial charge >= 0.3 is 17.9 Å². The predicted octanol–water partition coefficient (Wildman–Crippen LogP) is 23.1. The molecule has 78 heavy (non-hydrogen) atoms. The molecule has 0 aromatic carbocycles. The molecule has 0 saturated heterocycles. The summed E-state index contributed by atoms with van der Waals surface area (Å²) >= 11 is 0. The van der Waals surface area contributed by atoms with Crippen LogP contribution < -0.4 is 0 Å². The van der Waals surface area contributed by atoms with Gasteiger partial charge in [0.25, 0.3) is 0 Å². The molecule has 0 saturated carbocycles. The Morgan fingerprint density at radius 3 is 0.795 bits per heavy atom. The summed E-state index contributed by atoms with van der Waals surface area (Å²) in [5.74, 6) is -0.879. The molecule has 0 aliphatic carbocycles. The lowest BCUT2D eigenvalue weighted by atomic mass is 10.1. The average Bonchev–Trinajstić information content (AvgIpc) is 3.44. The molecule has 0 aliphatic rings. The molecule has 0 spiro atoms. The zero-order valence-corrected chi connectivity index (χ0v) is 51.7. The summed E-state index contributed by atoms with van der Waals surface area (Å²) in [6, 6.07) is 0. The molecule has 0 heterocycles. The summed E-state index contributed by atoms with van der Waals surface area (Å²) in [5.41, 5.74) is 0. The van der Waals surface area contributed by atoms with E-state index in [-0.39, 0.29) is 31.1 Å². The molecule has 6 nitrogen and oxygen atoms in total. The highest BCUT2D eigenvalue weighted by atomic mass is 16.6. The third kappa shape index (κ3) is 63.4. The number of rotatable bonds is 61. The Balaban J connectivity index is 4.36. The Kier molecular flexibility index (Phi) is 63.2. The first-order valence-corrected chi connectivity index (χ1v) is 33.6. The van der Waals surface area contributed by atoms with E-state index >= 15 is 0 Å². The third-order valence-corrected chi connectivity index (χ3v) is 14.6. The molecule has 450 valence electrons. The Bertz CT molecular complexity index is 1480. The smallest absolute Gasteiger partial charge is 0.306 e. The molecule has 0 aliphatic heterocycles. The van der Waals surface area contributed by atoms with E-state index in [0.717, 1.165) is 96.3 Å². The Morgan fingerprint density at radius 1 is 0.269 bits per heavy atom. The first-order valence-electron chi connectivity index (χ1n) is 33.6. The molecule has 0 aromatic rings. The van der Waals surface area contributed by atoms with Crippen molar-refractivity contribution in [3.8, 4) is 0 Å². The van der Waals surface area contributed by atoms with Crippen molar-refractivity contribution in [2.75, 3.05) is 13.2 Å². The maximum Gasteiger partial charge on any atom is 0.306 e. The fourth-order valence-corrected chi connectivity index (χ4v) is 9.58. The fourth-order valence-electron chi connectivity index (χ4n) is 9.58. The van der Waals surface area contributed by atoms with E-state index < -0.39 is 6.10 Å². The zero-order valence-electron chi connectivity index (χ0n) is 51.7. The minimum absolute atomic E-state index is 0.0804. The summed E-state index contributed by atoms with van der Waals surface area (Å²) < 4.78 is 17.0. The second kappa shape index (κ2) is 66.1. The van der Waals surface area contributed by atoms with Crippen LogP contribution in [0.25, 0.3) is 0 Å². The minimum Gasteiger partial charge on any atom is -0.462 e. The van der Waals surface area contributed by atoms with Crippen molar-refractivity contribution >= 4 is 17.9 Å². The van der Waals surface area contributed by atoms with Gasteiger partial charge in [-0.25, -0.2) is 0 Å². The van der Waals surface area contributed by atoms with Crippen LogP contribution in [0.1, 0.15) is 335 Å². The van der Waals surface area contributed by atoms with Gasteiger partial charge in [-0.1, -0.05) is 286 Å². The maximum atomic E-state index is 12.9. The summed E-state index contributed by atoms with van der Waals surface area (Å²) in [5, 5.41) is 0. The van der Waals surface area contributed by atoms with Crippen molar-refractivity contribution in [1.29, 1.82) is 0 Å². The molecule has 0 rings (SSSR count). The molecule has 1 atom stereocenters. The van der Waals surface area contributed by atoms with Crippen LogP contribution in [0.3, 0.4) is 0 Å². The first-order chi connectivity index (χ1) is 38.5. The molecule has 1 unspecified atom stereocenters. The lowest BCUT2D eigenvalue weighted by molar-refractivity contribution is -0.167. The quantitative estimate of drug-likeness (QED) is 0.0261. The molecular weight excluding hydrogens is 961 g/mol. The van der Waals surface area contributed by atoms with Crippen LogP contribution in [0, 0.1) is 0 Å². The fraction of sp³-hybridized carbons (Fsp3) is 0.764. The van der Waals surface area contributed by atoms with Crippen molar-refractivity contribution in [2.24, 2.45) is 0 Å². The number of carbonyl (C=O) groups is 3. The first kappa shape index (κ1) is 74.6. The molecule has 0 aromatic heterocycles. The van der Waals surface area contributed by atoms with Crippen molar-refractivity contribution < 1.29 is 28.6 Å². The lowest BCUT2D eigenvalue weighted by Gasteiger charge is -2.18. The van der Waals surface area contributed by atoms with Gasteiger partial charge in [-0.3, -0.25) is 14.4 Å². The van der Waals surface area contributed by atoms with Crippen molar-refractivity contribution in [3.63, 3.8) is 0 Å². The summed E-state index contributed by atoms with van der Waals surface area (Å²) in [6.45, 7) is 6.55. The van der Waals surface area contributed by atoms with Crippen LogP contribution in [-0.4, -0.2) is 37.2 Å². The summed E-state index contributed by atoms with van der Waals surface area (Å²) in [4.78, 5) is 38.4. The summed E-state index contributed by atoms with van der Waals surface area (Å²) in [6.07, 6.45) is 87.3. The highest BCUT2D eigenvalue weighted by Gasteiger charge is 2.19. The van der Waals surface area contributed by atoms with Crippen LogP contribution in [0.2, 0.25) is 0 Å². The number of hydrogen-bond acceptors (Lipinski definition) is 6. The van der Waals surface area contributed by atoms with Crippen LogP contribution in [0.5, 0.6) is 0 Å². The van der Waals surface area contributed by atoms with Gasteiger partial charge in [0.1, 0.15) is 13.2 Å². The molecule has 0 fully saturated rings. The van der Waals surface area contributed by atoms with E-state index in [1.165, 1.54) is 199 Å². The molecule has 0 amide bonds. The standard InChI is InChI=1S/C72H126O6/c1-4-7-10-13-16-19-22-25-28-31-33-34-35-36-37-38-39-42-44-47-50-53-56-59-62-65-71(74)77-68-69(67-76-70(73)64-61-58-55-52-49-46-43-40-30-27-24-21-18-15-12-9-6-3)78-72(75)66-63-60-57-54-51-48-45-41-32-29-26-23-20-17-14-11-8-5-2/h7,10,16,19,25,27-30,32-34,36-37,69H,4-6,8-9,11-15,17-18,20-24,26,31,35,38-68H2,1-3H3/b10-7-,19-16-,28-25-,30-27-,32-29-,34-33-,37-36-. The Morgan fingerprint density at radius 2 is 0.500 bits per heavy atom. The van der Waals surface area contributed by atoms with Crippen LogP contribution in [0.4, 0.5) is 0 Å². The highest BCUT2D eigenvalue weighted by Crippen LogP contribution is 2.16. The third-order valence-electron chi connectivity index (χ3n) is 14.6. The average molecular weight is 1090 g/mol. The Labute approximate surface area is 484 Å². The molecule has 0 N–H and O–H groups in total. The highest BCUT2D eigenvalue weighted by molar-refractivity contribution is 5.71. The van der Waals surface area contributed by atoms with Gasteiger partial charge in [0, 0.05) is 19.3 Å². The van der Waals surface area contributed by atoms with Gasteiger partial charge in [-0.05, 0) is 116 Å². The maximum absolute atomic E-state index is 12.9. The van der Waals surface area contributed by atoms with Crippen LogP contribution in [0.15, 0.2) is 85.1 Å². The van der Waals surface area contributed by atoms with Crippen molar-refractivity contribution in [1.82, 2.24) is 0 Å². The topological polar surface area (TPSA) is 78.9 Å². The van der Waals surface area contributed by atoms with Crippen LogP contribution in [-0.2, 0) is 28.6 Å². The second-order valence-electron chi connectivity index (χ2n) is 22.3. The number of allylic oxidation sites excluding steroid dienone is 14. The molecule has 6 heteroatoms. The van der Waals surface area contributed by atoms with Gasteiger partial charge in [-0.15, -0.1) is 0 Å². The van der Waals surface area contributed by atoms with Crippen molar-refractivity contribution in [2.45, 2.75) is 341 Å². The van der Waals surface area contributed by atoms with Gasteiger partial charge < -0.3 is 14.2 Å². The van der Waals surface area contributed by atoms with Crippen LogP contribution >= 0.6 is 0 Å². The lowest BCUT2D eigenvalue weighted by Crippen LogP contribution is -2.30. The van der Waals surface area contributed by atoms with E-state index in [4.69, 9.17) is 14.2 Å². The Hall–Kier alpha value is -3.41. The van der Waals surface area contributed by atoms with E-state index in [9.17, 15) is 14.4 Å². The number of ether oxygens (including phenoxy) is 3. The monoisotopic (exact) mass is 1090 g/mol. The molecule has 0 bridgehead atoms. The van der Waals surface area contributed by atoms with E-state index in [2.05, 4.69) is 106 Å². The summed E-state index contributed by atoms with van der Waals surface area (Å²) in [7, 11) is 0. The molecule has 0 radical (unpaired) electrons. The van der Waals surface area contributed by atoms with Gasteiger partial charge in [0.2, 0.25) is 0 Å².